The number of likely N-dealkylation sites (tertiary alicyclic amines) is 1. The van der Waals surface area contributed by atoms with Gasteiger partial charge in [0, 0.05) is 5.92 Å². The lowest BCUT2D eigenvalue weighted by Crippen LogP contribution is -2.67. The predicted octanol–water partition coefficient (Wildman–Crippen LogP) is 3.64. The number of aliphatic carboxylic acids is 1. The number of hydrogen-bond acceptors (Lipinski definition) is 5. The molecule has 2 aliphatic rings. The van der Waals surface area contributed by atoms with E-state index < -0.39 is 35.7 Å². The van der Waals surface area contributed by atoms with E-state index in [9.17, 15) is 14.4 Å². The highest BCUT2D eigenvalue weighted by molar-refractivity contribution is 5.87. The Balaban J connectivity index is 1.39. The standard InChI is InChI=1S/C27H32N2O6/c1-26(2,3)23(24(32)29-15-27(4,16-29)35-14-22(30)31)28-25(33)34-13-21-19-11-7-5-9-17(19)18-10-6-8-12-20(18)21/h5-12,21,23H,13-16H2,1-4H3,(H,28,33)(H,30,31)/t23-/m1/s1. The number of nitrogens with one attached hydrogen (secondary N) is 1. The molecule has 1 heterocycles. The molecule has 1 fully saturated rings. The van der Waals surface area contributed by atoms with Crippen LogP contribution in [0.2, 0.25) is 0 Å². The number of carbonyl (C=O) groups is 3. The summed E-state index contributed by atoms with van der Waals surface area (Å²) in [7, 11) is 0. The van der Waals surface area contributed by atoms with Gasteiger partial charge < -0.3 is 24.8 Å². The highest BCUT2D eigenvalue weighted by atomic mass is 16.5. The quantitative estimate of drug-likeness (QED) is 0.627. The molecule has 2 aromatic carbocycles. The Morgan fingerprint density at radius 2 is 1.60 bits per heavy atom. The average molecular weight is 481 g/mol. The van der Waals surface area contributed by atoms with Crippen molar-refractivity contribution in [1.82, 2.24) is 10.2 Å². The maximum atomic E-state index is 13.2. The normalized spacial score (nSPS) is 17.1. The summed E-state index contributed by atoms with van der Waals surface area (Å²) in [5.41, 5.74) is 3.26. The van der Waals surface area contributed by atoms with Gasteiger partial charge in [0.25, 0.3) is 0 Å². The lowest BCUT2D eigenvalue weighted by Gasteiger charge is -2.49. The van der Waals surface area contributed by atoms with E-state index in [1.54, 1.807) is 11.8 Å². The number of fused-ring (bicyclic) bond motifs is 3. The number of hydrogen-bond donors (Lipinski definition) is 2. The highest BCUT2D eigenvalue weighted by Crippen LogP contribution is 2.44. The summed E-state index contributed by atoms with van der Waals surface area (Å²) < 4.78 is 11.0. The summed E-state index contributed by atoms with van der Waals surface area (Å²) in [5.74, 6) is -1.37. The first kappa shape index (κ1) is 24.7. The minimum absolute atomic E-state index is 0.0700. The van der Waals surface area contributed by atoms with Crippen LogP contribution >= 0.6 is 0 Å². The van der Waals surface area contributed by atoms with Gasteiger partial charge >= 0.3 is 12.1 Å². The lowest BCUT2D eigenvalue weighted by atomic mass is 9.84. The first-order valence-electron chi connectivity index (χ1n) is 11.7. The second kappa shape index (κ2) is 9.34. The van der Waals surface area contributed by atoms with Gasteiger partial charge in [0.2, 0.25) is 5.91 Å². The van der Waals surface area contributed by atoms with Crippen molar-refractivity contribution in [2.75, 3.05) is 26.3 Å². The van der Waals surface area contributed by atoms with Gasteiger partial charge in [-0.2, -0.15) is 0 Å². The Labute approximate surface area is 205 Å². The Hall–Kier alpha value is -3.39. The molecule has 2 N–H and O–H groups in total. The molecule has 2 aromatic rings. The third kappa shape index (κ3) is 5.17. The summed E-state index contributed by atoms with van der Waals surface area (Å²) in [6.07, 6.45) is -0.648. The first-order chi connectivity index (χ1) is 16.5. The number of rotatable bonds is 7. The average Bonchev–Trinajstić information content (AvgIpc) is 3.10. The van der Waals surface area contributed by atoms with Crippen LogP contribution in [0.25, 0.3) is 11.1 Å². The van der Waals surface area contributed by atoms with Gasteiger partial charge in [-0.25, -0.2) is 9.59 Å². The molecule has 2 amide bonds. The Bertz CT molecular complexity index is 1090. The molecular weight excluding hydrogens is 448 g/mol. The maximum Gasteiger partial charge on any atom is 0.407 e. The van der Waals surface area contributed by atoms with Crippen molar-refractivity contribution in [3.63, 3.8) is 0 Å². The minimum atomic E-state index is -1.06. The highest BCUT2D eigenvalue weighted by Gasteiger charge is 2.47. The van der Waals surface area contributed by atoms with Gasteiger partial charge in [0.15, 0.2) is 0 Å². The molecule has 1 saturated heterocycles. The smallest absolute Gasteiger partial charge is 0.407 e. The van der Waals surface area contributed by atoms with Gasteiger partial charge in [-0.05, 0) is 34.6 Å². The van der Waals surface area contributed by atoms with Crippen LogP contribution in [0.15, 0.2) is 48.5 Å². The number of ether oxygens (including phenoxy) is 2. The second-order valence-corrected chi connectivity index (χ2v) is 10.6. The van der Waals surface area contributed by atoms with Crippen molar-refractivity contribution in [2.45, 2.75) is 45.3 Å². The fraction of sp³-hybridized carbons (Fsp3) is 0.444. The SMILES string of the molecule is CC1(OCC(=O)O)CN(C(=O)[C@@H](NC(=O)OCC2c3ccccc3-c3ccccc32)C(C)(C)C)C1. The zero-order valence-electron chi connectivity index (χ0n) is 20.5. The summed E-state index contributed by atoms with van der Waals surface area (Å²) in [6, 6.07) is 15.4. The molecule has 4 rings (SSSR count). The molecule has 8 nitrogen and oxygen atoms in total. The van der Waals surface area contributed by atoms with Crippen molar-refractivity contribution in [1.29, 1.82) is 0 Å². The largest absolute Gasteiger partial charge is 0.480 e. The van der Waals surface area contributed by atoms with Crippen molar-refractivity contribution < 1.29 is 29.0 Å². The van der Waals surface area contributed by atoms with Crippen LogP contribution in [0.4, 0.5) is 4.79 Å². The van der Waals surface area contributed by atoms with Crippen molar-refractivity contribution in [2.24, 2.45) is 5.41 Å². The number of nitrogens with zero attached hydrogens (tertiary/aromatic N) is 1. The van der Waals surface area contributed by atoms with E-state index in [4.69, 9.17) is 14.6 Å². The molecule has 0 radical (unpaired) electrons. The molecular formula is C27H32N2O6. The van der Waals surface area contributed by atoms with Gasteiger partial charge in [0.1, 0.15) is 24.9 Å². The van der Waals surface area contributed by atoms with Crippen LogP contribution in [0.1, 0.15) is 44.7 Å². The van der Waals surface area contributed by atoms with Crippen molar-refractivity contribution in [3.05, 3.63) is 59.7 Å². The molecule has 1 aliphatic carbocycles. The summed E-state index contributed by atoms with van der Waals surface area (Å²) >= 11 is 0. The van der Waals surface area contributed by atoms with E-state index in [1.807, 2.05) is 45.0 Å². The maximum absolute atomic E-state index is 13.2. The third-order valence-electron chi connectivity index (χ3n) is 6.63. The molecule has 8 heteroatoms. The van der Waals surface area contributed by atoms with Crippen LogP contribution in [0.3, 0.4) is 0 Å². The third-order valence-corrected chi connectivity index (χ3v) is 6.63. The lowest BCUT2D eigenvalue weighted by molar-refractivity contribution is -0.175. The van der Waals surface area contributed by atoms with E-state index in [2.05, 4.69) is 29.6 Å². The molecule has 1 aliphatic heterocycles. The van der Waals surface area contributed by atoms with Crippen LogP contribution in [-0.2, 0) is 19.1 Å². The van der Waals surface area contributed by atoms with Gasteiger partial charge in [-0.15, -0.1) is 0 Å². The Kier molecular flexibility index (Phi) is 6.60. The summed E-state index contributed by atoms with van der Waals surface area (Å²) in [4.78, 5) is 38.4. The van der Waals surface area contributed by atoms with Crippen molar-refractivity contribution in [3.8, 4) is 11.1 Å². The molecule has 186 valence electrons. The fourth-order valence-corrected chi connectivity index (χ4v) is 4.83. The van der Waals surface area contributed by atoms with E-state index in [0.717, 1.165) is 22.3 Å². The Morgan fingerprint density at radius 1 is 1.06 bits per heavy atom. The van der Waals surface area contributed by atoms with Crippen LogP contribution in [-0.4, -0.2) is 65.9 Å². The molecule has 0 aromatic heterocycles. The zero-order chi connectivity index (χ0) is 25.4. The number of alkyl carbamates (subject to hydrolysis) is 1. The van der Waals surface area contributed by atoms with Crippen LogP contribution < -0.4 is 5.32 Å². The first-order valence-corrected chi connectivity index (χ1v) is 11.7. The van der Waals surface area contributed by atoms with Crippen LogP contribution in [0, 0.1) is 5.41 Å². The van der Waals surface area contributed by atoms with Crippen LogP contribution in [0.5, 0.6) is 0 Å². The van der Waals surface area contributed by atoms with Crippen molar-refractivity contribution >= 4 is 18.0 Å². The zero-order valence-corrected chi connectivity index (χ0v) is 20.5. The second-order valence-electron chi connectivity index (χ2n) is 10.6. The van der Waals surface area contributed by atoms with E-state index in [-0.39, 0.29) is 31.5 Å². The van der Waals surface area contributed by atoms with E-state index in [1.165, 1.54) is 0 Å². The number of amides is 2. The molecule has 0 spiro atoms. The number of carbonyl (C=O) groups excluding carboxylic acids is 2. The topological polar surface area (TPSA) is 105 Å². The number of benzene rings is 2. The van der Waals surface area contributed by atoms with Gasteiger partial charge in [0.05, 0.1) is 13.1 Å². The molecule has 0 unspecified atom stereocenters. The van der Waals surface area contributed by atoms with E-state index >= 15 is 0 Å². The minimum Gasteiger partial charge on any atom is -0.480 e. The molecule has 0 bridgehead atoms. The monoisotopic (exact) mass is 480 g/mol. The Morgan fingerprint density at radius 3 is 2.11 bits per heavy atom. The van der Waals surface area contributed by atoms with Gasteiger partial charge in [-0.1, -0.05) is 69.3 Å². The predicted molar refractivity (Wildman–Crippen MR) is 130 cm³/mol. The van der Waals surface area contributed by atoms with Gasteiger partial charge in [-0.3, -0.25) is 4.79 Å². The van der Waals surface area contributed by atoms with E-state index in [0.29, 0.717) is 0 Å². The fourth-order valence-electron chi connectivity index (χ4n) is 4.83. The number of carboxylic acids is 1. The molecule has 35 heavy (non-hydrogen) atoms. The summed E-state index contributed by atoms with van der Waals surface area (Å²) in [6.45, 7) is 7.66. The summed E-state index contributed by atoms with van der Waals surface area (Å²) in [5, 5.41) is 11.6. The molecule has 0 saturated carbocycles. The number of carboxylic acid groups (broad SMARTS) is 1. The molecule has 1 atom stereocenters.